The van der Waals surface area contributed by atoms with Gasteiger partial charge in [-0.1, -0.05) is 12.1 Å². The quantitative estimate of drug-likeness (QED) is 0.890. The zero-order valence-corrected chi connectivity index (χ0v) is 11.2. The van der Waals surface area contributed by atoms with Crippen LogP contribution in [0.4, 0.5) is 4.79 Å². The molecule has 1 saturated heterocycles. The lowest BCUT2D eigenvalue weighted by Crippen LogP contribution is -2.49. The highest BCUT2D eigenvalue weighted by molar-refractivity contribution is 5.93. The molecule has 0 spiro atoms. The molecule has 0 aliphatic carbocycles. The normalized spacial score (nSPS) is 14.8. The van der Waals surface area contributed by atoms with Crippen molar-refractivity contribution in [1.82, 2.24) is 20.5 Å². The van der Waals surface area contributed by atoms with Gasteiger partial charge < -0.3 is 9.84 Å². The first kappa shape index (κ1) is 13.4. The van der Waals surface area contributed by atoms with Crippen LogP contribution in [-0.4, -0.2) is 46.7 Å². The molecule has 0 radical (unpaired) electrons. The van der Waals surface area contributed by atoms with E-state index in [1.165, 1.54) is 10.0 Å². The van der Waals surface area contributed by atoms with E-state index in [-0.39, 0.29) is 17.6 Å². The number of aryl methyl sites for hydroxylation is 1. The molecule has 0 bridgehead atoms. The van der Waals surface area contributed by atoms with E-state index in [0.717, 1.165) is 12.8 Å². The summed E-state index contributed by atoms with van der Waals surface area (Å²) in [5.41, 5.74) is 0.229. The molecular formula is C12H18N4O3. The fraction of sp³-hybridized carbons (Fsp3) is 0.583. The third kappa shape index (κ3) is 2.86. The monoisotopic (exact) mass is 266 g/mol. The molecule has 2 rings (SSSR count). The van der Waals surface area contributed by atoms with E-state index in [4.69, 9.17) is 4.52 Å². The Labute approximate surface area is 111 Å². The van der Waals surface area contributed by atoms with Crippen LogP contribution in [0.5, 0.6) is 0 Å². The van der Waals surface area contributed by atoms with Gasteiger partial charge in [-0.15, -0.1) is 0 Å². The average Bonchev–Trinajstić information content (AvgIpc) is 3.03. The van der Waals surface area contributed by atoms with Crippen LogP contribution in [-0.2, 0) is 0 Å². The molecule has 7 heteroatoms. The van der Waals surface area contributed by atoms with Gasteiger partial charge in [0.25, 0.3) is 5.91 Å². The van der Waals surface area contributed by atoms with Gasteiger partial charge in [-0.25, -0.2) is 14.8 Å². The number of rotatable bonds is 3. The number of carbonyl (C=O) groups is 2. The van der Waals surface area contributed by atoms with Crippen LogP contribution in [0.15, 0.2) is 10.6 Å². The third-order valence-electron chi connectivity index (χ3n) is 2.87. The summed E-state index contributed by atoms with van der Waals surface area (Å²) in [6, 6.07) is 1.33. The van der Waals surface area contributed by atoms with Crippen molar-refractivity contribution >= 4 is 11.9 Å². The number of hydrazine groups is 1. The summed E-state index contributed by atoms with van der Waals surface area (Å²) in [6.07, 6.45) is 1.62. The van der Waals surface area contributed by atoms with E-state index in [0.29, 0.717) is 25.4 Å². The number of urea groups is 1. The van der Waals surface area contributed by atoms with Gasteiger partial charge in [0.2, 0.25) is 0 Å². The number of amides is 3. The average molecular weight is 266 g/mol. The molecule has 1 N–H and O–H groups in total. The van der Waals surface area contributed by atoms with E-state index < -0.39 is 0 Å². The van der Waals surface area contributed by atoms with Crippen molar-refractivity contribution in [2.24, 2.45) is 0 Å². The Morgan fingerprint density at radius 1 is 1.42 bits per heavy atom. The molecule has 1 aliphatic rings. The van der Waals surface area contributed by atoms with Crippen molar-refractivity contribution in [1.29, 1.82) is 0 Å². The van der Waals surface area contributed by atoms with Crippen molar-refractivity contribution < 1.29 is 14.1 Å². The molecule has 1 aromatic heterocycles. The summed E-state index contributed by atoms with van der Waals surface area (Å²) in [5.74, 6) is 0.269. The Bertz CT molecular complexity index is 471. The lowest BCUT2D eigenvalue weighted by atomic mass is 10.3. The van der Waals surface area contributed by atoms with Crippen LogP contribution < -0.4 is 5.32 Å². The summed E-state index contributed by atoms with van der Waals surface area (Å²) in [5, 5.41) is 9.31. The number of nitrogens with one attached hydrogen (secondary N) is 1. The zero-order valence-electron chi connectivity index (χ0n) is 11.2. The Kier molecular flexibility index (Phi) is 4.03. The van der Waals surface area contributed by atoms with Gasteiger partial charge in [0.05, 0.1) is 0 Å². The number of carbonyl (C=O) groups excluding carboxylic acids is 2. The lowest BCUT2D eigenvalue weighted by molar-refractivity contribution is 0.0367. The number of hydrogen-bond donors (Lipinski definition) is 1. The topological polar surface area (TPSA) is 78.7 Å². The highest BCUT2D eigenvalue weighted by Crippen LogP contribution is 2.15. The minimum atomic E-state index is -0.305. The van der Waals surface area contributed by atoms with Crippen LogP contribution in [0.1, 0.15) is 36.0 Å². The van der Waals surface area contributed by atoms with Gasteiger partial charge in [0.1, 0.15) is 5.76 Å². The predicted octanol–water partition coefficient (Wildman–Crippen LogP) is 1.17. The maximum Gasteiger partial charge on any atom is 0.336 e. The van der Waals surface area contributed by atoms with Crippen molar-refractivity contribution in [3.05, 3.63) is 17.5 Å². The van der Waals surface area contributed by atoms with Crippen LogP contribution in [0, 0.1) is 6.92 Å². The maximum atomic E-state index is 12.2. The molecular weight excluding hydrogens is 248 g/mol. The smallest absolute Gasteiger partial charge is 0.336 e. The molecule has 2 heterocycles. The predicted molar refractivity (Wildman–Crippen MR) is 67.3 cm³/mol. The second-order valence-corrected chi connectivity index (χ2v) is 4.46. The SMILES string of the molecule is CCCNC(=O)N1CCCN1C(=O)c1cc(C)on1. The highest BCUT2D eigenvalue weighted by Gasteiger charge is 2.32. The second-order valence-electron chi connectivity index (χ2n) is 4.46. The molecule has 1 aromatic rings. The molecule has 0 atom stereocenters. The molecule has 0 saturated carbocycles. The molecule has 19 heavy (non-hydrogen) atoms. The first-order valence-corrected chi connectivity index (χ1v) is 6.44. The molecule has 0 aromatic carbocycles. The van der Waals surface area contributed by atoms with E-state index in [9.17, 15) is 9.59 Å². The van der Waals surface area contributed by atoms with Gasteiger partial charge in [0.15, 0.2) is 5.69 Å². The van der Waals surface area contributed by atoms with Crippen LogP contribution in [0.25, 0.3) is 0 Å². The standard InChI is InChI=1S/C12H18N4O3/c1-3-5-13-12(18)16-7-4-6-15(16)11(17)10-8-9(2)19-14-10/h8H,3-7H2,1-2H3,(H,13,18). The third-order valence-corrected chi connectivity index (χ3v) is 2.87. The number of aromatic nitrogens is 1. The van der Waals surface area contributed by atoms with Crippen LogP contribution >= 0.6 is 0 Å². The zero-order chi connectivity index (χ0) is 13.8. The Balaban J connectivity index is 2.06. The Morgan fingerprint density at radius 3 is 2.79 bits per heavy atom. The van der Waals surface area contributed by atoms with E-state index >= 15 is 0 Å². The summed E-state index contributed by atoms with van der Waals surface area (Å²) in [7, 11) is 0. The fourth-order valence-corrected chi connectivity index (χ4v) is 1.96. The largest absolute Gasteiger partial charge is 0.361 e. The molecule has 104 valence electrons. The summed E-state index contributed by atoms with van der Waals surface area (Å²) in [4.78, 5) is 24.2. The van der Waals surface area contributed by atoms with E-state index in [1.807, 2.05) is 6.92 Å². The van der Waals surface area contributed by atoms with Gasteiger partial charge in [0, 0.05) is 25.7 Å². The summed E-state index contributed by atoms with van der Waals surface area (Å²) in [6.45, 7) is 5.35. The summed E-state index contributed by atoms with van der Waals surface area (Å²) >= 11 is 0. The lowest BCUT2D eigenvalue weighted by Gasteiger charge is -2.27. The number of hydrogen-bond acceptors (Lipinski definition) is 4. The minimum absolute atomic E-state index is 0.229. The number of nitrogens with zero attached hydrogens (tertiary/aromatic N) is 3. The van der Waals surface area contributed by atoms with Crippen LogP contribution in [0.3, 0.4) is 0 Å². The van der Waals surface area contributed by atoms with E-state index in [2.05, 4.69) is 10.5 Å². The summed E-state index contributed by atoms with van der Waals surface area (Å²) < 4.78 is 4.89. The van der Waals surface area contributed by atoms with Crippen molar-refractivity contribution in [3.8, 4) is 0 Å². The van der Waals surface area contributed by atoms with Crippen LogP contribution in [0.2, 0.25) is 0 Å². The van der Waals surface area contributed by atoms with E-state index in [1.54, 1.807) is 13.0 Å². The molecule has 3 amide bonds. The molecule has 7 nitrogen and oxygen atoms in total. The molecule has 1 fully saturated rings. The first-order chi connectivity index (χ1) is 9.13. The Morgan fingerprint density at radius 2 is 2.16 bits per heavy atom. The van der Waals surface area contributed by atoms with Crippen molar-refractivity contribution in [3.63, 3.8) is 0 Å². The fourth-order valence-electron chi connectivity index (χ4n) is 1.96. The first-order valence-electron chi connectivity index (χ1n) is 6.44. The molecule has 0 unspecified atom stereocenters. The maximum absolute atomic E-state index is 12.2. The van der Waals surface area contributed by atoms with Gasteiger partial charge in [-0.3, -0.25) is 4.79 Å². The minimum Gasteiger partial charge on any atom is -0.361 e. The highest BCUT2D eigenvalue weighted by atomic mass is 16.5. The van der Waals surface area contributed by atoms with Gasteiger partial charge in [-0.05, 0) is 19.8 Å². The van der Waals surface area contributed by atoms with Crippen molar-refractivity contribution in [2.45, 2.75) is 26.7 Å². The second kappa shape index (κ2) is 5.73. The van der Waals surface area contributed by atoms with Gasteiger partial charge >= 0.3 is 6.03 Å². The van der Waals surface area contributed by atoms with Gasteiger partial charge in [-0.2, -0.15) is 0 Å². The Hall–Kier alpha value is -2.05. The molecule has 1 aliphatic heterocycles. The van der Waals surface area contributed by atoms with Crippen molar-refractivity contribution in [2.75, 3.05) is 19.6 Å².